The second kappa shape index (κ2) is 6.68. The average molecular weight is 304 g/mol. The van der Waals surface area contributed by atoms with Crippen molar-refractivity contribution in [2.45, 2.75) is 24.3 Å². The van der Waals surface area contributed by atoms with Crippen molar-refractivity contribution in [2.75, 3.05) is 0 Å². The molecule has 0 heterocycles. The summed E-state index contributed by atoms with van der Waals surface area (Å²) in [5.41, 5.74) is 5.89. The summed E-state index contributed by atoms with van der Waals surface area (Å²) in [6, 6.07) is 4.40. The topological polar surface area (TPSA) is 97.5 Å². The summed E-state index contributed by atoms with van der Waals surface area (Å²) in [5, 5.41) is 8.25. The maximum Gasteiger partial charge on any atom is 0.319 e. The van der Waals surface area contributed by atoms with Gasteiger partial charge in [0.15, 0.2) is 0 Å². The smallest absolute Gasteiger partial charge is 0.319 e. The number of carbonyl (C=O) groups is 2. The van der Waals surface area contributed by atoms with Crippen LogP contribution in [0.2, 0.25) is 5.02 Å². The highest BCUT2D eigenvalue weighted by molar-refractivity contribution is 7.85. The minimum absolute atomic E-state index is 0.0304. The summed E-state index contributed by atoms with van der Waals surface area (Å²) in [7, 11) is -1.57. The second-order valence-electron chi connectivity index (χ2n) is 3.93. The van der Waals surface area contributed by atoms with Gasteiger partial charge in [-0.15, -0.1) is 0 Å². The molecular weight excluding hydrogens is 290 g/mol. The van der Waals surface area contributed by atoms with Gasteiger partial charge in [0, 0.05) is 21.4 Å². The van der Waals surface area contributed by atoms with E-state index in [9.17, 15) is 13.8 Å². The lowest BCUT2D eigenvalue weighted by Crippen LogP contribution is -2.25. The molecule has 19 heavy (non-hydrogen) atoms. The number of benzene rings is 1. The number of aliphatic carboxylic acids is 1. The number of halogens is 1. The standard InChI is InChI=1S/C12H14ClNO4S/c1-2-10(12(16)17)19(18)6-8-4-3-7(11(14)15)5-9(8)13/h3-5,10H,2,6H2,1H3,(H2,14,15)(H,16,17). The van der Waals surface area contributed by atoms with E-state index in [1.165, 1.54) is 18.2 Å². The molecule has 0 aliphatic carbocycles. The monoisotopic (exact) mass is 303 g/mol. The number of carbonyl (C=O) groups excluding carboxylic acids is 1. The fourth-order valence-electron chi connectivity index (χ4n) is 1.54. The van der Waals surface area contributed by atoms with Crippen molar-refractivity contribution >= 4 is 34.3 Å². The molecule has 1 amide bonds. The Hall–Kier alpha value is -1.40. The third-order valence-electron chi connectivity index (χ3n) is 2.60. The van der Waals surface area contributed by atoms with Gasteiger partial charge in [0.05, 0.1) is 5.75 Å². The van der Waals surface area contributed by atoms with Crippen molar-refractivity contribution < 1.29 is 18.9 Å². The summed E-state index contributed by atoms with van der Waals surface area (Å²) >= 11 is 5.96. The Labute approximate surface area is 118 Å². The van der Waals surface area contributed by atoms with Gasteiger partial charge >= 0.3 is 5.97 Å². The molecule has 1 aromatic rings. The van der Waals surface area contributed by atoms with Crippen molar-refractivity contribution in [3.05, 3.63) is 34.3 Å². The molecule has 104 valence electrons. The summed E-state index contributed by atoms with van der Waals surface area (Å²) in [5.74, 6) is -1.67. The molecule has 0 aliphatic heterocycles. The zero-order chi connectivity index (χ0) is 14.6. The first kappa shape index (κ1) is 15.7. The molecule has 1 rings (SSSR count). The van der Waals surface area contributed by atoms with Gasteiger partial charge < -0.3 is 10.8 Å². The van der Waals surface area contributed by atoms with Gasteiger partial charge in [0.1, 0.15) is 5.25 Å². The summed E-state index contributed by atoms with van der Waals surface area (Å²) in [6.45, 7) is 1.66. The highest BCUT2D eigenvalue weighted by Gasteiger charge is 2.23. The Morgan fingerprint density at radius 1 is 1.47 bits per heavy atom. The molecular formula is C12H14ClNO4S. The molecule has 0 spiro atoms. The number of carboxylic acid groups (broad SMARTS) is 1. The van der Waals surface area contributed by atoms with Gasteiger partial charge in [-0.1, -0.05) is 24.6 Å². The third kappa shape index (κ3) is 4.04. The number of primary amides is 1. The van der Waals surface area contributed by atoms with E-state index in [0.29, 0.717) is 5.56 Å². The summed E-state index contributed by atoms with van der Waals surface area (Å²) in [4.78, 5) is 21.9. The molecule has 7 heteroatoms. The minimum atomic E-state index is -1.57. The van der Waals surface area contributed by atoms with Gasteiger partial charge in [0.25, 0.3) is 0 Å². The molecule has 0 saturated carbocycles. The quantitative estimate of drug-likeness (QED) is 0.833. The van der Waals surface area contributed by atoms with Crippen LogP contribution in [0.15, 0.2) is 18.2 Å². The third-order valence-corrected chi connectivity index (χ3v) is 4.72. The fourth-order valence-corrected chi connectivity index (χ4v) is 3.23. The summed E-state index contributed by atoms with van der Waals surface area (Å²) in [6.07, 6.45) is 0.277. The Bertz CT molecular complexity index is 532. The maximum absolute atomic E-state index is 11.9. The van der Waals surface area contributed by atoms with E-state index < -0.39 is 27.9 Å². The number of hydrogen-bond acceptors (Lipinski definition) is 3. The van der Waals surface area contributed by atoms with Crippen molar-refractivity contribution in [2.24, 2.45) is 5.73 Å². The Morgan fingerprint density at radius 3 is 2.53 bits per heavy atom. The van der Waals surface area contributed by atoms with Crippen LogP contribution in [0.25, 0.3) is 0 Å². The first-order valence-corrected chi connectivity index (χ1v) is 7.31. The predicted octanol–water partition coefficient (Wildman–Crippen LogP) is 1.55. The second-order valence-corrected chi connectivity index (χ2v) is 5.96. The number of hydrogen-bond donors (Lipinski definition) is 2. The molecule has 0 aromatic heterocycles. The molecule has 0 aliphatic rings. The zero-order valence-electron chi connectivity index (χ0n) is 10.3. The molecule has 0 radical (unpaired) electrons. The maximum atomic E-state index is 11.9. The van der Waals surface area contributed by atoms with Crippen molar-refractivity contribution in [3.8, 4) is 0 Å². The number of carboxylic acids is 1. The van der Waals surface area contributed by atoms with Crippen LogP contribution in [0.5, 0.6) is 0 Å². The van der Waals surface area contributed by atoms with Crippen molar-refractivity contribution in [1.29, 1.82) is 0 Å². The van der Waals surface area contributed by atoms with Crippen LogP contribution in [-0.4, -0.2) is 26.4 Å². The first-order chi connectivity index (χ1) is 8.86. The lowest BCUT2D eigenvalue weighted by molar-refractivity contribution is -0.136. The van der Waals surface area contributed by atoms with E-state index in [1.807, 2.05) is 0 Å². The molecule has 2 unspecified atom stereocenters. The largest absolute Gasteiger partial charge is 0.480 e. The molecule has 1 aromatic carbocycles. The lowest BCUT2D eigenvalue weighted by atomic mass is 10.1. The minimum Gasteiger partial charge on any atom is -0.480 e. The SMILES string of the molecule is CCC(C(=O)O)S(=O)Cc1ccc(C(N)=O)cc1Cl. The Morgan fingerprint density at radius 2 is 2.11 bits per heavy atom. The van der Waals surface area contributed by atoms with Crippen LogP contribution in [0, 0.1) is 0 Å². The van der Waals surface area contributed by atoms with Gasteiger partial charge in [-0.3, -0.25) is 13.8 Å². The molecule has 0 saturated heterocycles. The Balaban J connectivity index is 2.91. The number of nitrogens with two attached hydrogens (primary N) is 1. The highest BCUT2D eigenvalue weighted by atomic mass is 35.5. The van der Waals surface area contributed by atoms with Crippen molar-refractivity contribution in [1.82, 2.24) is 0 Å². The predicted molar refractivity (Wildman–Crippen MR) is 73.5 cm³/mol. The molecule has 0 fully saturated rings. The van der Waals surface area contributed by atoms with E-state index in [2.05, 4.69) is 0 Å². The van der Waals surface area contributed by atoms with Gasteiger partial charge in [-0.25, -0.2) is 0 Å². The van der Waals surface area contributed by atoms with E-state index >= 15 is 0 Å². The lowest BCUT2D eigenvalue weighted by Gasteiger charge is -2.11. The highest BCUT2D eigenvalue weighted by Crippen LogP contribution is 2.21. The average Bonchev–Trinajstić information content (AvgIpc) is 2.31. The van der Waals surface area contributed by atoms with Crippen LogP contribution < -0.4 is 5.73 Å². The molecule has 3 N–H and O–H groups in total. The molecule has 2 atom stereocenters. The van der Waals surface area contributed by atoms with Crippen LogP contribution >= 0.6 is 11.6 Å². The zero-order valence-corrected chi connectivity index (χ0v) is 11.8. The van der Waals surface area contributed by atoms with Crippen LogP contribution in [0.4, 0.5) is 0 Å². The molecule has 0 bridgehead atoms. The van der Waals surface area contributed by atoms with E-state index in [1.54, 1.807) is 6.92 Å². The Kier molecular flexibility index (Phi) is 5.50. The van der Waals surface area contributed by atoms with Crippen LogP contribution in [-0.2, 0) is 21.3 Å². The van der Waals surface area contributed by atoms with Gasteiger partial charge in [0.2, 0.25) is 5.91 Å². The first-order valence-electron chi connectivity index (χ1n) is 5.55. The molecule has 5 nitrogen and oxygen atoms in total. The van der Waals surface area contributed by atoms with E-state index in [0.717, 1.165) is 0 Å². The van der Waals surface area contributed by atoms with E-state index in [4.69, 9.17) is 22.4 Å². The van der Waals surface area contributed by atoms with Gasteiger partial charge in [-0.05, 0) is 24.1 Å². The summed E-state index contributed by atoms with van der Waals surface area (Å²) < 4.78 is 11.9. The van der Waals surface area contributed by atoms with Crippen LogP contribution in [0.1, 0.15) is 29.3 Å². The van der Waals surface area contributed by atoms with Crippen molar-refractivity contribution in [3.63, 3.8) is 0 Å². The number of rotatable bonds is 6. The normalized spacial score (nSPS) is 13.8. The number of amides is 1. The van der Waals surface area contributed by atoms with Crippen LogP contribution in [0.3, 0.4) is 0 Å². The fraction of sp³-hybridized carbons (Fsp3) is 0.333. The van der Waals surface area contributed by atoms with E-state index in [-0.39, 0.29) is 22.8 Å². The van der Waals surface area contributed by atoms with Gasteiger partial charge in [-0.2, -0.15) is 0 Å².